The second kappa shape index (κ2) is 8.35. The van der Waals surface area contributed by atoms with Gasteiger partial charge in [0.15, 0.2) is 0 Å². The van der Waals surface area contributed by atoms with Crippen molar-refractivity contribution in [1.82, 2.24) is 14.8 Å². The minimum atomic E-state index is -1.05. The van der Waals surface area contributed by atoms with Gasteiger partial charge in [-0.3, -0.25) is 4.90 Å². The highest BCUT2D eigenvalue weighted by Gasteiger charge is 2.37. The van der Waals surface area contributed by atoms with Gasteiger partial charge in [-0.2, -0.15) is 0 Å². The monoisotopic (exact) mass is 420 g/mol. The fourth-order valence-corrected chi connectivity index (χ4v) is 4.78. The summed E-state index contributed by atoms with van der Waals surface area (Å²) in [7, 11) is 0. The van der Waals surface area contributed by atoms with Crippen molar-refractivity contribution in [2.75, 3.05) is 31.5 Å². The first-order chi connectivity index (χ1) is 13.9. The third-order valence-electron chi connectivity index (χ3n) is 5.59. The molecule has 3 heterocycles. The number of nitrogens with zero attached hydrogens (tertiary/aromatic N) is 3. The van der Waals surface area contributed by atoms with Crippen LogP contribution in [-0.4, -0.2) is 63.3 Å². The number of benzene rings is 1. The number of hydrogen-bond donors (Lipinski definition) is 3. The Kier molecular flexibility index (Phi) is 5.82. The summed E-state index contributed by atoms with van der Waals surface area (Å²) in [6.45, 7) is 2.98. The number of rotatable bonds is 4. The van der Waals surface area contributed by atoms with Crippen molar-refractivity contribution >= 4 is 23.1 Å². The molecule has 0 bridgehead atoms. The van der Waals surface area contributed by atoms with E-state index in [0.29, 0.717) is 50.4 Å². The maximum absolute atomic E-state index is 13.3. The molecule has 9 heteroatoms. The van der Waals surface area contributed by atoms with Gasteiger partial charge in [0.05, 0.1) is 18.3 Å². The van der Waals surface area contributed by atoms with E-state index < -0.39 is 11.4 Å². The molecule has 1 aromatic carbocycles. The van der Waals surface area contributed by atoms with E-state index in [1.807, 2.05) is 5.38 Å². The fourth-order valence-electron chi connectivity index (χ4n) is 3.85. The molecule has 2 aliphatic rings. The van der Waals surface area contributed by atoms with Crippen LogP contribution in [0.1, 0.15) is 30.0 Å². The Labute approximate surface area is 172 Å². The maximum atomic E-state index is 13.3. The zero-order valence-corrected chi connectivity index (χ0v) is 16.9. The number of halogens is 1. The molecule has 2 aliphatic heterocycles. The summed E-state index contributed by atoms with van der Waals surface area (Å²) < 4.78 is 13.3. The van der Waals surface area contributed by atoms with Crippen LogP contribution in [-0.2, 0) is 12.1 Å². The van der Waals surface area contributed by atoms with Crippen LogP contribution in [0.2, 0.25) is 0 Å². The Bertz CT molecular complexity index is 869. The average molecular weight is 421 g/mol. The number of urea groups is 1. The molecule has 7 nitrogen and oxygen atoms in total. The molecule has 29 heavy (non-hydrogen) atoms. The van der Waals surface area contributed by atoms with Gasteiger partial charge in [-0.25, -0.2) is 14.2 Å². The first-order valence-electron chi connectivity index (χ1n) is 9.80. The molecule has 1 aromatic heterocycles. The third-order valence-corrected chi connectivity index (χ3v) is 6.42. The van der Waals surface area contributed by atoms with Crippen LogP contribution < -0.4 is 5.32 Å². The lowest BCUT2D eigenvalue weighted by Gasteiger charge is -2.37. The molecule has 2 amide bonds. The van der Waals surface area contributed by atoms with E-state index in [0.717, 1.165) is 18.0 Å². The molecule has 2 fully saturated rings. The molecule has 2 saturated heterocycles. The molecule has 0 saturated carbocycles. The number of nitrogens with one attached hydrogen (secondary N) is 1. The lowest BCUT2D eigenvalue weighted by molar-refractivity contribution is -0.0189. The Morgan fingerprint density at radius 3 is 2.83 bits per heavy atom. The number of amides is 2. The SMILES string of the molecule is O=C(Nc1cccc(F)c1)N1CCC(O)(c2csc(CN3CCC(O)C3)n2)CC1. The number of aliphatic hydroxyl groups excluding tert-OH is 1. The van der Waals surface area contributed by atoms with Crippen molar-refractivity contribution in [3.05, 3.63) is 46.2 Å². The molecular weight excluding hydrogens is 395 g/mol. The predicted molar refractivity (Wildman–Crippen MR) is 108 cm³/mol. The number of carbonyl (C=O) groups excluding carboxylic acids is 1. The third kappa shape index (κ3) is 4.75. The van der Waals surface area contributed by atoms with Crippen molar-refractivity contribution < 1.29 is 19.4 Å². The zero-order valence-electron chi connectivity index (χ0n) is 16.1. The Hall–Kier alpha value is -2.07. The van der Waals surface area contributed by atoms with E-state index in [1.165, 1.54) is 23.5 Å². The van der Waals surface area contributed by atoms with Crippen LogP contribution in [0, 0.1) is 5.82 Å². The first kappa shape index (κ1) is 20.2. The van der Waals surface area contributed by atoms with Crippen LogP contribution in [0.3, 0.4) is 0 Å². The number of hydrogen-bond acceptors (Lipinski definition) is 6. The molecule has 4 rings (SSSR count). The van der Waals surface area contributed by atoms with E-state index in [-0.39, 0.29) is 12.1 Å². The average Bonchev–Trinajstić information content (AvgIpc) is 3.32. The first-order valence-corrected chi connectivity index (χ1v) is 10.7. The van der Waals surface area contributed by atoms with Gasteiger partial charge in [0, 0.05) is 37.2 Å². The van der Waals surface area contributed by atoms with Gasteiger partial charge in [0.25, 0.3) is 0 Å². The maximum Gasteiger partial charge on any atom is 0.321 e. The van der Waals surface area contributed by atoms with Crippen molar-refractivity contribution in [2.45, 2.75) is 37.5 Å². The van der Waals surface area contributed by atoms with Gasteiger partial charge in [0.2, 0.25) is 0 Å². The Morgan fingerprint density at radius 2 is 2.14 bits per heavy atom. The number of carbonyl (C=O) groups is 1. The highest BCUT2D eigenvalue weighted by molar-refractivity contribution is 7.09. The molecule has 2 aromatic rings. The predicted octanol–water partition coefficient (Wildman–Crippen LogP) is 2.36. The molecule has 1 atom stereocenters. The minimum Gasteiger partial charge on any atom is -0.392 e. The number of anilines is 1. The number of aliphatic hydroxyl groups is 2. The summed E-state index contributed by atoms with van der Waals surface area (Å²) in [6.07, 6.45) is 1.32. The molecule has 0 spiro atoms. The summed E-state index contributed by atoms with van der Waals surface area (Å²) in [4.78, 5) is 20.8. The lowest BCUT2D eigenvalue weighted by atomic mass is 9.89. The number of thiazole rings is 1. The smallest absolute Gasteiger partial charge is 0.321 e. The Morgan fingerprint density at radius 1 is 1.34 bits per heavy atom. The Balaban J connectivity index is 1.32. The molecule has 0 radical (unpaired) electrons. The van der Waals surface area contributed by atoms with Crippen molar-refractivity contribution in [3.63, 3.8) is 0 Å². The van der Waals surface area contributed by atoms with Gasteiger partial charge < -0.3 is 20.4 Å². The van der Waals surface area contributed by atoms with E-state index in [4.69, 9.17) is 0 Å². The largest absolute Gasteiger partial charge is 0.392 e. The molecular formula is C20H25FN4O3S. The number of β-amino-alcohol motifs (C(OH)–C–C–N with tert-alkyl or cyclic N) is 1. The topological polar surface area (TPSA) is 88.9 Å². The van der Waals surface area contributed by atoms with E-state index in [1.54, 1.807) is 17.0 Å². The second-order valence-electron chi connectivity index (χ2n) is 7.76. The normalized spacial score (nSPS) is 22.0. The second-order valence-corrected chi connectivity index (χ2v) is 8.71. The van der Waals surface area contributed by atoms with Crippen LogP contribution >= 0.6 is 11.3 Å². The summed E-state index contributed by atoms with van der Waals surface area (Å²) >= 11 is 1.52. The zero-order chi connectivity index (χ0) is 20.4. The van der Waals surface area contributed by atoms with E-state index in [9.17, 15) is 19.4 Å². The number of aromatic nitrogens is 1. The van der Waals surface area contributed by atoms with E-state index >= 15 is 0 Å². The summed E-state index contributed by atoms with van der Waals surface area (Å²) in [5.41, 5.74) is 0.0176. The summed E-state index contributed by atoms with van der Waals surface area (Å²) in [5, 5.41) is 26.2. The lowest BCUT2D eigenvalue weighted by Crippen LogP contribution is -2.46. The van der Waals surface area contributed by atoms with Gasteiger partial charge in [0.1, 0.15) is 16.4 Å². The fraction of sp³-hybridized carbons (Fsp3) is 0.500. The van der Waals surface area contributed by atoms with Crippen LogP contribution in [0.15, 0.2) is 29.6 Å². The van der Waals surface area contributed by atoms with Gasteiger partial charge in [-0.15, -0.1) is 11.3 Å². The molecule has 1 unspecified atom stereocenters. The van der Waals surface area contributed by atoms with Crippen molar-refractivity contribution in [3.8, 4) is 0 Å². The van der Waals surface area contributed by atoms with Crippen molar-refractivity contribution in [1.29, 1.82) is 0 Å². The van der Waals surface area contributed by atoms with Crippen LogP contribution in [0.25, 0.3) is 0 Å². The molecule has 156 valence electrons. The minimum absolute atomic E-state index is 0.263. The number of likely N-dealkylation sites (tertiary alicyclic amines) is 2. The standard InChI is InChI=1S/C20H25FN4O3S/c21-14-2-1-3-15(10-14)22-19(27)25-8-5-20(28,6-9-25)17-13-29-18(23-17)12-24-7-4-16(26)11-24/h1-3,10,13,16,26,28H,4-9,11-12H2,(H,22,27). The van der Waals surface area contributed by atoms with Crippen LogP contribution in [0.5, 0.6) is 0 Å². The van der Waals surface area contributed by atoms with Gasteiger partial charge >= 0.3 is 6.03 Å². The summed E-state index contributed by atoms with van der Waals surface area (Å²) in [6, 6.07) is 5.48. The van der Waals surface area contributed by atoms with E-state index in [2.05, 4.69) is 15.2 Å². The van der Waals surface area contributed by atoms with Gasteiger partial charge in [-0.1, -0.05) is 6.07 Å². The highest BCUT2D eigenvalue weighted by atomic mass is 32.1. The van der Waals surface area contributed by atoms with Gasteiger partial charge in [-0.05, 0) is 37.5 Å². The van der Waals surface area contributed by atoms with Crippen molar-refractivity contribution in [2.24, 2.45) is 0 Å². The summed E-state index contributed by atoms with van der Waals surface area (Å²) in [5.74, 6) is -0.404. The molecule has 0 aliphatic carbocycles. The number of piperidine rings is 1. The molecule has 3 N–H and O–H groups in total. The quantitative estimate of drug-likeness (QED) is 0.707. The van der Waals surface area contributed by atoms with Crippen LogP contribution in [0.4, 0.5) is 14.9 Å². The highest BCUT2D eigenvalue weighted by Crippen LogP contribution is 2.34.